The Balaban J connectivity index is 1.50. The molecule has 1 aliphatic heterocycles. The molecular weight excluding hydrogens is 432 g/mol. The Hall–Kier alpha value is -2.81. The third kappa shape index (κ3) is 4.45. The van der Waals surface area contributed by atoms with Crippen molar-refractivity contribution in [3.8, 4) is 28.4 Å². The molecule has 0 amide bonds. The van der Waals surface area contributed by atoms with E-state index in [9.17, 15) is 5.11 Å². The van der Waals surface area contributed by atoms with E-state index in [1.165, 1.54) is 0 Å². The molecule has 1 saturated heterocycles. The molecule has 3 atom stereocenters. The van der Waals surface area contributed by atoms with E-state index in [0.717, 1.165) is 59.2 Å². The molecule has 5 rings (SSSR count). The summed E-state index contributed by atoms with van der Waals surface area (Å²) in [5, 5.41) is 17.1. The van der Waals surface area contributed by atoms with Gasteiger partial charge in [0.1, 0.15) is 24.2 Å². The summed E-state index contributed by atoms with van der Waals surface area (Å²) in [6.07, 6.45) is 0.340. The van der Waals surface area contributed by atoms with E-state index in [2.05, 4.69) is 17.4 Å². The van der Waals surface area contributed by atoms with E-state index >= 15 is 0 Å². The number of aryl methyl sites for hydroxylation is 2. The molecule has 8 nitrogen and oxygen atoms in total. The van der Waals surface area contributed by atoms with Crippen molar-refractivity contribution in [1.82, 2.24) is 20.4 Å². The van der Waals surface area contributed by atoms with Gasteiger partial charge in [0.15, 0.2) is 5.82 Å². The van der Waals surface area contributed by atoms with E-state index < -0.39 is 6.10 Å². The number of hydrogen-bond acceptors (Lipinski definition) is 8. The molecule has 1 saturated carbocycles. The number of rotatable bonds is 9. The molecule has 180 valence electrons. The maximum atomic E-state index is 9.98. The second kappa shape index (κ2) is 9.44. The highest BCUT2D eigenvalue weighted by Gasteiger charge is 2.53. The number of ether oxygens (including phenoxy) is 2. The first-order valence-corrected chi connectivity index (χ1v) is 11.9. The lowest BCUT2D eigenvalue weighted by atomic mass is 10.00. The number of aliphatic hydroxyl groups is 1. The smallest absolute Gasteiger partial charge is 0.160 e. The van der Waals surface area contributed by atoms with Gasteiger partial charge in [0, 0.05) is 17.8 Å². The van der Waals surface area contributed by atoms with Gasteiger partial charge in [-0.1, -0.05) is 17.3 Å². The molecule has 1 aliphatic carbocycles. The van der Waals surface area contributed by atoms with Crippen LogP contribution in [0, 0.1) is 38.5 Å². The molecule has 3 aromatic rings. The maximum Gasteiger partial charge on any atom is 0.160 e. The van der Waals surface area contributed by atoms with E-state index in [4.69, 9.17) is 24.0 Å². The third-order valence-electron chi connectivity index (χ3n) is 7.05. The number of aromatic nitrogens is 3. The third-order valence-corrected chi connectivity index (χ3v) is 7.05. The van der Waals surface area contributed by atoms with E-state index in [1.54, 1.807) is 7.05 Å². The lowest BCUT2D eigenvalue weighted by Gasteiger charge is -2.15. The van der Waals surface area contributed by atoms with Crippen LogP contribution in [0.2, 0.25) is 0 Å². The molecular formula is C26H32N4O4. The van der Waals surface area contributed by atoms with Crippen molar-refractivity contribution in [2.75, 3.05) is 33.4 Å². The van der Waals surface area contributed by atoms with E-state index in [1.807, 2.05) is 38.1 Å². The maximum absolute atomic E-state index is 9.98. The zero-order chi connectivity index (χ0) is 23.8. The molecule has 3 heterocycles. The van der Waals surface area contributed by atoms with Gasteiger partial charge in [0.05, 0.1) is 30.2 Å². The molecule has 0 radical (unpaired) electrons. The summed E-state index contributed by atoms with van der Waals surface area (Å²) in [5.41, 5.74) is 5.64. The Bertz CT molecular complexity index is 1150. The number of likely N-dealkylation sites (N-methyl/N-ethyl adjacent to an activating group) is 1. The number of hydrogen-bond donors (Lipinski definition) is 2. The summed E-state index contributed by atoms with van der Waals surface area (Å²) in [6.45, 7) is 8.37. The summed E-state index contributed by atoms with van der Waals surface area (Å²) < 4.78 is 16.9. The van der Waals surface area contributed by atoms with Crippen LogP contribution in [0.3, 0.4) is 0 Å². The van der Waals surface area contributed by atoms with Crippen molar-refractivity contribution in [2.24, 2.45) is 17.8 Å². The topological polar surface area (TPSA) is 103 Å². The number of nitrogens with one attached hydrogen (secondary N) is 1. The Labute approximate surface area is 199 Å². The lowest BCUT2D eigenvalue weighted by Crippen LogP contribution is -2.29. The highest BCUT2D eigenvalue weighted by Crippen LogP contribution is 2.52. The monoisotopic (exact) mass is 464 g/mol. The highest BCUT2D eigenvalue weighted by atomic mass is 16.5. The molecule has 3 unspecified atom stereocenters. The molecule has 34 heavy (non-hydrogen) atoms. The van der Waals surface area contributed by atoms with Crippen LogP contribution in [0.25, 0.3) is 22.6 Å². The average molecular weight is 465 g/mol. The van der Waals surface area contributed by atoms with Crippen LogP contribution in [0.1, 0.15) is 22.7 Å². The summed E-state index contributed by atoms with van der Waals surface area (Å²) in [4.78, 5) is 10.0. The van der Waals surface area contributed by atoms with Crippen LogP contribution >= 0.6 is 0 Å². The second-order valence-corrected chi connectivity index (χ2v) is 9.45. The largest absolute Gasteiger partial charge is 0.491 e. The van der Waals surface area contributed by atoms with Crippen LogP contribution < -0.4 is 10.1 Å². The van der Waals surface area contributed by atoms with Crippen molar-refractivity contribution < 1.29 is 19.1 Å². The molecule has 2 aliphatic rings. The van der Waals surface area contributed by atoms with Gasteiger partial charge in [0.25, 0.3) is 0 Å². The van der Waals surface area contributed by atoms with Gasteiger partial charge in [-0.2, -0.15) is 0 Å². The fourth-order valence-electron chi connectivity index (χ4n) is 5.05. The standard InChI is InChI=1S/C26H32N4O4/c1-14-23(9-20-21-12-32-13-22(20)21)28-26(29-25(14)24-15(2)30-34-16(24)3)17-6-5-7-19(8-17)33-11-18(31)10-27-4/h5-8,18,20-22,27,31H,9-13H2,1-4H3. The van der Waals surface area contributed by atoms with Crippen LogP contribution in [0.5, 0.6) is 5.75 Å². The Morgan fingerprint density at radius 1 is 1.18 bits per heavy atom. The van der Waals surface area contributed by atoms with E-state index in [0.29, 0.717) is 35.9 Å². The lowest BCUT2D eigenvalue weighted by molar-refractivity contribution is 0.108. The van der Waals surface area contributed by atoms with Crippen molar-refractivity contribution in [2.45, 2.75) is 33.3 Å². The van der Waals surface area contributed by atoms with Gasteiger partial charge in [-0.15, -0.1) is 0 Å². The number of benzene rings is 1. The minimum Gasteiger partial charge on any atom is -0.491 e. The molecule has 0 spiro atoms. The summed E-state index contributed by atoms with van der Waals surface area (Å²) >= 11 is 0. The van der Waals surface area contributed by atoms with Gasteiger partial charge in [0.2, 0.25) is 0 Å². The van der Waals surface area contributed by atoms with Crippen LogP contribution in [0.15, 0.2) is 28.8 Å². The molecule has 2 N–H and O–H groups in total. The SMILES string of the molecule is CNCC(O)COc1cccc(-c2nc(CC3C4COCC43)c(C)c(-c3c(C)noc3C)n2)c1. The van der Waals surface area contributed by atoms with Crippen molar-refractivity contribution in [1.29, 1.82) is 0 Å². The van der Waals surface area contributed by atoms with Gasteiger partial charge in [-0.25, -0.2) is 9.97 Å². The fraction of sp³-hybridized carbons (Fsp3) is 0.500. The normalized spacial score (nSPS) is 22.0. The predicted molar refractivity (Wildman–Crippen MR) is 128 cm³/mol. The zero-order valence-corrected chi connectivity index (χ0v) is 20.2. The summed E-state index contributed by atoms with van der Waals surface area (Å²) in [5.74, 6) is 4.01. The fourth-order valence-corrected chi connectivity index (χ4v) is 5.05. The Morgan fingerprint density at radius 2 is 1.97 bits per heavy atom. The first-order chi connectivity index (χ1) is 16.5. The van der Waals surface area contributed by atoms with Crippen LogP contribution in [0.4, 0.5) is 0 Å². The van der Waals surface area contributed by atoms with E-state index in [-0.39, 0.29) is 6.61 Å². The predicted octanol–water partition coefficient (Wildman–Crippen LogP) is 3.12. The van der Waals surface area contributed by atoms with Gasteiger partial charge >= 0.3 is 0 Å². The first-order valence-electron chi connectivity index (χ1n) is 11.9. The minimum absolute atomic E-state index is 0.209. The number of nitrogens with zero attached hydrogens (tertiary/aromatic N) is 3. The van der Waals surface area contributed by atoms with Gasteiger partial charge in [-0.3, -0.25) is 0 Å². The number of fused-ring (bicyclic) bond motifs is 1. The van der Waals surface area contributed by atoms with Gasteiger partial charge in [-0.05, 0) is 69.7 Å². The molecule has 1 aromatic carbocycles. The molecule has 0 bridgehead atoms. The average Bonchev–Trinajstić information content (AvgIpc) is 3.12. The Kier molecular flexibility index (Phi) is 6.38. The van der Waals surface area contributed by atoms with Crippen LogP contribution in [-0.4, -0.2) is 59.7 Å². The zero-order valence-electron chi connectivity index (χ0n) is 20.2. The summed E-state index contributed by atoms with van der Waals surface area (Å²) in [6, 6.07) is 7.72. The van der Waals surface area contributed by atoms with Crippen molar-refractivity contribution in [3.05, 3.63) is 47.0 Å². The highest BCUT2D eigenvalue weighted by molar-refractivity contribution is 5.71. The second-order valence-electron chi connectivity index (χ2n) is 9.45. The summed E-state index contributed by atoms with van der Waals surface area (Å²) in [7, 11) is 1.80. The van der Waals surface area contributed by atoms with Crippen molar-refractivity contribution in [3.63, 3.8) is 0 Å². The minimum atomic E-state index is -0.580. The molecule has 8 heteroatoms. The van der Waals surface area contributed by atoms with Crippen molar-refractivity contribution >= 4 is 0 Å². The quantitative estimate of drug-likeness (QED) is 0.498. The van der Waals surface area contributed by atoms with Crippen LogP contribution in [-0.2, 0) is 11.2 Å². The first kappa shape index (κ1) is 23.0. The Morgan fingerprint density at radius 3 is 2.68 bits per heavy atom. The number of aliphatic hydroxyl groups excluding tert-OH is 1. The molecule has 2 fully saturated rings. The molecule has 2 aromatic heterocycles. The van der Waals surface area contributed by atoms with Gasteiger partial charge < -0.3 is 24.4 Å².